The Morgan fingerprint density at radius 1 is 1.20 bits per heavy atom. The van der Waals surface area contributed by atoms with E-state index in [-0.39, 0.29) is 57.8 Å². The van der Waals surface area contributed by atoms with Crippen molar-refractivity contribution in [3.63, 3.8) is 0 Å². The van der Waals surface area contributed by atoms with Gasteiger partial charge in [0.05, 0.1) is 16.2 Å². The van der Waals surface area contributed by atoms with Gasteiger partial charge in [-0.25, -0.2) is 8.42 Å². The van der Waals surface area contributed by atoms with Crippen LogP contribution in [-0.4, -0.2) is 29.9 Å². The average molecular weight is 262 g/mol. The molecule has 0 heterocycles. The van der Waals surface area contributed by atoms with E-state index in [1.807, 2.05) is 0 Å². The minimum atomic E-state index is -4.16. The Morgan fingerprint density at radius 2 is 1.80 bits per heavy atom. The first-order valence-corrected chi connectivity index (χ1v) is 6.65. The molecule has 4 nitrogen and oxygen atoms in total. The third-order valence-electron chi connectivity index (χ3n) is 2.09. The Balaban J connectivity index is 0. The van der Waals surface area contributed by atoms with Crippen LogP contribution in [0.15, 0.2) is 0 Å². The normalized spacial score (nSPS) is 13.3. The average Bonchev–Trinajstić information content (AvgIpc) is 2.08. The molecule has 15 heavy (non-hydrogen) atoms. The molecular formula is C9H19KO4S. The van der Waals surface area contributed by atoms with E-state index in [9.17, 15) is 18.1 Å². The molecule has 0 fully saturated rings. The second kappa shape index (κ2) is 10.6. The molecule has 0 aromatic carbocycles. The smallest absolute Gasteiger partial charge is 0.748 e. The fourth-order valence-electron chi connectivity index (χ4n) is 1.23. The fraction of sp³-hybridized carbons (Fsp3) is 1.00. The molecule has 6 heteroatoms. The van der Waals surface area contributed by atoms with Crippen LogP contribution in [0.1, 0.15) is 45.4 Å². The largest absolute Gasteiger partial charge is 1.00 e. The van der Waals surface area contributed by atoms with Gasteiger partial charge in [0, 0.05) is 5.75 Å². The minimum Gasteiger partial charge on any atom is -0.748 e. The Morgan fingerprint density at radius 3 is 2.27 bits per heavy atom. The van der Waals surface area contributed by atoms with Crippen molar-refractivity contribution in [3.8, 4) is 0 Å². The van der Waals surface area contributed by atoms with Crippen LogP contribution in [0.25, 0.3) is 0 Å². The van der Waals surface area contributed by atoms with Crippen molar-refractivity contribution < 1.29 is 69.5 Å². The van der Waals surface area contributed by atoms with Gasteiger partial charge in [-0.05, 0) is 12.8 Å². The van der Waals surface area contributed by atoms with Crippen molar-refractivity contribution in [1.82, 2.24) is 0 Å². The van der Waals surface area contributed by atoms with Crippen molar-refractivity contribution >= 4 is 10.1 Å². The fourth-order valence-corrected chi connectivity index (χ4v) is 1.79. The zero-order valence-electron chi connectivity index (χ0n) is 9.61. The van der Waals surface area contributed by atoms with Crippen LogP contribution >= 0.6 is 0 Å². The summed E-state index contributed by atoms with van der Waals surface area (Å²) in [6, 6.07) is 0. The van der Waals surface area contributed by atoms with Crippen molar-refractivity contribution in [2.24, 2.45) is 0 Å². The van der Waals surface area contributed by atoms with Gasteiger partial charge in [0.15, 0.2) is 0 Å². The van der Waals surface area contributed by atoms with Gasteiger partial charge in [0.1, 0.15) is 0 Å². The van der Waals surface area contributed by atoms with Gasteiger partial charge in [-0.2, -0.15) is 0 Å². The second-order valence-corrected chi connectivity index (χ2v) is 5.08. The van der Waals surface area contributed by atoms with Gasteiger partial charge in [0.2, 0.25) is 0 Å². The molecule has 0 saturated carbocycles. The topological polar surface area (TPSA) is 77.4 Å². The van der Waals surface area contributed by atoms with Gasteiger partial charge >= 0.3 is 51.4 Å². The molecule has 0 aliphatic rings. The maximum absolute atomic E-state index is 10.2. The van der Waals surface area contributed by atoms with Crippen molar-refractivity contribution in [2.75, 3.05) is 5.75 Å². The Kier molecular flexibility index (Phi) is 13.4. The first kappa shape index (κ1) is 18.9. The number of aliphatic hydroxyl groups excluding tert-OH is 1. The van der Waals surface area contributed by atoms with Crippen molar-refractivity contribution in [1.29, 1.82) is 0 Å². The second-order valence-electron chi connectivity index (χ2n) is 3.55. The summed E-state index contributed by atoms with van der Waals surface area (Å²) in [5.74, 6) is -0.456. The van der Waals surface area contributed by atoms with Crippen LogP contribution < -0.4 is 51.4 Å². The number of aliphatic hydroxyl groups is 1. The summed E-state index contributed by atoms with van der Waals surface area (Å²) in [7, 11) is -4.16. The third-order valence-corrected chi connectivity index (χ3v) is 2.83. The van der Waals surface area contributed by atoms with Crippen LogP contribution in [0.2, 0.25) is 0 Å². The standard InChI is InChI=1S/C9H20O4S.K/c1-2-3-4-5-6-9(10)7-8-14(11,12)13;/h9-10H,2-8H2,1H3,(H,11,12,13);/q;+1/p-1. The molecule has 0 radical (unpaired) electrons. The molecule has 0 aromatic heterocycles. The van der Waals surface area contributed by atoms with Crippen LogP contribution in [0.4, 0.5) is 0 Å². The molecule has 0 bridgehead atoms. The molecule has 0 aliphatic heterocycles. The quantitative estimate of drug-likeness (QED) is 0.320. The van der Waals surface area contributed by atoms with E-state index in [2.05, 4.69) is 6.92 Å². The van der Waals surface area contributed by atoms with E-state index in [1.54, 1.807) is 0 Å². The van der Waals surface area contributed by atoms with Gasteiger partial charge in [-0.3, -0.25) is 0 Å². The summed E-state index contributed by atoms with van der Waals surface area (Å²) < 4.78 is 30.7. The molecule has 1 N–H and O–H groups in total. The molecule has 0 aliphatic carbocycles. The first-order chi connectivity index (χ1) is 6.45. The van der Waals surface area contributed by atoms with Crippen LogP contribution in [-0.2, 0) is 10.1 Å². The zero-order valence-corrected chi connectivity index (χ0v) is 13.5. The maximum atomic E-state index is 10.2. The Hall–Kier alpha value is 1.51. The number of hydrogen-bond donors (Lipinski definition) is 1. The summed E-state index contributed by atoms with van der Waals surface area (Å²) >= 11 is 0. The Bertz CT molecular complexity index is 228. The van der Waals surface area contributed by atoms with Gasteiger partial charge in [-0.15, -0.1) is 0 Å². The molecule has 1 unspecified atom stereocenters. The molecule has 1 atom stereocenters. The van der Waals surface area contributed by atoms with E-state index in [0.29, 0.717) is 6.42 Å². The Labute approximate surface area is 135 Å². The summed E-state index contributed by atoms with van der Waals surface area (Å²) in [5, 5.41) is 9.31. The molecule has 0 saturated heterocycles. The van der Waals surface area contributed by atoms with E-state index in [4.69, 9.17) is 0 Å². The molecular weight excluding hydrogens is 243 g/mol. The predicted octanol–water partition coefficient (Wildman–Crippen LogP) is -1.74. The maximum Gasteiger partial charge on any atom is 1.00 e. The predicted molar refractivity (Wildman–Crippen MR) is 53.9 cm³/mol. The first-order valence-electron chi connectivity index (χ1n) is 5.07. The van der Waals surface area contributed by atoms with Gasteiger partial charge in [0.25, 0.3) is 0 Å². The molecule has 86 valence electrons. The van der Waals surface area contributed by atoms with Crippen LogP contribution in [0.3, 0.4) is 0 Å². The molecule has 0 amide bonds. The number of unbranched alkanes of at least 4 members (excludes halogenated alkanes) is 3. The molecule has 0 rings (SSSR count). The summed E-state index contributed by atoms with van der Waals surface area (Å²) in [6.45, 7) is 2.10. The van der Waals surface area contributed by atoms with Crippen LogP contribution in [0.5, 0.6) is 0 Å². The minimum absolute atomic E-state index is 0. The number of hydrogen-bond acceptors (Lipinski definition) is 4. The van der Waals surface area contributed by atoms with Crippen LogP contribution in [0, 0.1) is 0 Å². The van der Waals surface area contributed by atoms with Gasteiger partial charge < -0.3 is 9.66 Å². The van der Waals surface area contributed by atoms with E-state index >= 15 is 0 Å². The summed E-state index contributed by atoms with van der Waals surface area (Å²) in [4.78, 5) is 0. The van der Waals surface area contributed by atoms with Crippen molar-refractivity contribution in [2.45, 2.75) is 51.6 Å². The number of rotatable bonds is 8. The monoisotopic (exact) mass is 262 g/mol. The van der Waals surface area contributed by atoms with E-state index < -0.39 is 22.0 Å². The zero-order chi connectivity index (χ0) is 11.0. The summed E-state index contributed by atoms with van der Waals surface area (Å²) in [6.07, 6.45) is 4.23. The molecule has 0 spiro atoms. The van der Waals surface area contributed by atoms with E-state index in [1.165, 1.54) is 0 Å². The van der Waals surface area contributed by atoms with E-state index in [0.717, 1.165) is 25.7 Å². The SMILES string of the molecule is CCCCCCC(O)CCS(=O)(=O)[O-].[K+]. The summed E-state index contributed by atoms with van der Waals surface area (Å²) in [5.41, 5.74) is 0. The van der Waals surface area contributed by atoms with Gasteiger partial charge in [-0.1, -0.05) is 32.6 Å². The van der Waals surface area contributed by atoms with Crippen molar-refractivity contribution in [3.05, 3.63) is 0 Å². The third kappa shape index (κ3) is 15.5. The molecule has 0 aromatic rings.